The molecule has 80 valence electrons. The maximum absolute atomic E-state index is 11.1. The molecule has 6 nitrogen and oxygen atoms in total. The molecule has 0 bridgehead atoms. The highest BCUT2D eigenvalue weighted by Crippen LogP contribution is 2.08. The van der Waals surface area contributed by atoms with Gasteiger partial charge in [0.2, 0.25) is 0 Å². The van der Waals surface area contributed by atoms with Gasteiger partial charge in [-0.3, -0.25) is 4.79 Å². The van der Waals surface area contributed by atoms with E-state index < -0.39 is 5.97 Å². The number of carboxylic acids is 1. The zero-order valence-corrected chi connectivity index (χ0v) is 7.78. The topological polar surface area (TPSA) is 87.7 Å². The predicted octanol–water partition coefficient (Wildman–Crippen LogP) is -0.103. The second kappa shape index (κ2) is 5.43. The van der Waals surface area contributed by atoms with E-state index in [4.69, 9.17) is 9.84 Å². The van der Waals surface area contributed by atoms with Gasteiger partial charge in [0, 0.05) is 13.2 Å². The summed E-state index contributed by atoms with van der Waals surface area (Å²) in [4.78, 5) is 21.2. The molecule has 0 saturated carbocycles. The Kier molecular flexibility index (Phi) is 4.18. The number of rotatable bonds is 4. The van der Waals surface area contributed by atoms with Crippen LogP contribution in [0.2, 0.25) is 0 Å². The third kappa shape index (κ3) is 4.08. The van der Waals surface area contributed by atoms with Crippen LogP contribution >= 0.6 is 0 Å². The SMILES string of the molecule is O=C(O)CCNC(=O)NC1CCCO1. The normalized spacial score (nSPS) is 20.4. The Bertz CT molecular complexity index is 213. The van der Waals surface area contributed by atoms with Gasteiger partial charge in [0.25, 0.3) is 0 Å². The molecule has 1 saturated heterocycles. The van der Waals surface area contributed by atoms with E-state index in [2.05, 4.69) is 10.6 Å². The van der Waals surface area contributed by atoms with E-state index in [0.717, 1.165) is 12.8 Å². The van der Waals surface area contributed by atoms with Gasteiger partial charge < -0.3 is 20.5 Å². The van der Waals surface area contributed by atoms with Gasteiger partial charge in [-0.1, -0.05) is 0 Å². The van der Waals surface area contributed by atoms with Crippen molar-refractivity contribution in [3.05, 3.63) is 0 Å². The molecule has 0 aromatic heterocycles. The minimum atomic E-state index is -0.928. The van der Waals surface area contributed by atoms with Gasteiger partial charge in [-0.25, -0.2) is 4.79 Å². The number of urea groups is 1. The molecule has 1 rings (SSSR count). The standard InChI is InChI=1S/C8H14N2O4/c11-7(12)3-4-9-8(13)10-6-2-1-5-14-6/h6H,1-5H2,(H,11,12)(H2,9,10,13). The first-order chi connectivity index (χ1) is 6.68. The molecular weight excluding hydrogens is 188 g/mol. The highest BCUT2D eigenvalue weighted by molar-refractivity contribution is 5.75. The van der Waals surface area contributed by atoms with Crippen LogP contribution in [0.4, 0.5) is 4.79 Å². The van der Waals surface area contributed by atoms with Gasteiger partial charge in [-0.05, 0) is 12.8 Å². The number of ether oxygens (including phenoxy) is 1. The summed E-state index contributed by atoms with van der Waals surface area (Å²) < 4.78 is 5.16. The Hall–Kier alpha value is -1.30. The van der Waals surface area contributed by atoms with E-state index >= 15 is 0 Å². The summed E-state index contributed by atoms with van der Waals surface area (Å²) in [6.07, 6.45) is 1.46. The molecule has 0 aromatic rings. The minimum absolute atomic E-state index is 0.0705. The highest BCUT2D eigenvalue weighted by atomic mass is 16.5. The van der Waals surface area contributed by atoms with Crippen molar-refractivity contribution in [2.24, 2.45) is 0 Å². The molecule has 1 unspecified atom stereocenters. The maximum Gasteiger partial charge on any atom is 0.316 e. The molecule has 1 atom stereocenters. The lowest BCUT2D eigenvalue weighted by atomic mass is 10.3. The average Bonchev–Trinajstić information content (AvgIpc) is 2.56. The molecular formula is C8H14N2O4. The Balaban J connectivity index is 2.06. The predicted molar refractivity (Wildman–Crippen MR) is 47.8 cm³/mol. The van der Waals surface area contributed by atoms with Gasteiger partial charge >= 0.3 is 12.0 Å². The molecule has 0 aromatic carbocycles. The molecule has 3 N–H and O–H groups in total. The summed E-state index contributed by atoms with van der Waals surface area (Å²) in [5.74, 6) is -0.928. The smallest absolute Gasteiger partial charge is 0.316 e. The number of aliphatic carboxylic acids is 1. The molecule has 0 aliphatic carbocycles. The van der Waals surface area contributed by atoms with Crippen molar-refractivity contribution < 1.29 is 19.4 Å². The van der Waals surface area contributed by atoms with Crippen molar-refractivity contribution >= 4 is 12.0 Å². The fraction of sp³-hybridized carbons (Fsp3) is 0.750. The first-order valence-corrected chi connectivity index (χ1v) is 4.56. The Morgan fingerprint density at radius 1 is 1.50 bits per heavy atom. The molecule has 6 heteroatoms. The third-order valence-electron chi connectivity index (χ3n) is 1.85. The fourth-order valence-electron chi connectivity index (χ4n) is 1.17. The summed E-state index contributed by atoms with van der Waals surface area (Å²) in [5, 5.41) is 13.3. The number of carbonyl (C=O) groups excluding carboxylic acids is 1. The van der Waals surface area contributed by atoms with Crippen LogP contribution in [0.3, 0.4) is 0 Å². The quantitative estimate of drug-likeness (QED) is 0.594. The number of hydrogen-bond donors (Lipinski definition) is 3. The van der Waals surface area contributed by atoms with E-state index in [1.807, 2.05) is 0 Å². The zero-order valence-electron chi connectivity index (χ0n) is 7.78. The van der Waals surface area contributed by atoms with Gasteiger partial charge in [0.05, 0.1) is 6.42 Å². The fourth-order valence-corrected chi connectivity index (χ4v) is 1.17. The highest BCUT2D eigenvalue weighted by Gasteiger charge is 2.17. The van der Waals surface area contributed by atoms with E-state index in [0.29, 0.717) is 6.61 Å². The van der Waals surface area contributed by atoms with Crippen LogP contribution in [0.5, 0.6) is 0 Å². The van der Waals surface area contributed by atoms with E-state index in [1.165, 1.54) is 0 Å². The lowest BCUT2D eigenvalue weighted by Crippen LogP contribution is -2.42. The Morgan fingerprint density at radius 3 is 2.86 bits per heavy atom. The van der Waals surface area contributed by atoms with Crippen molar-refractivity contribution in [3.63, 3.8) is 0 Å². The average molecular weight is 202 g/mol. The lowest BCUT2D eigenvalue weighted by Gasteiger charge is -2.12. The number of carbonyl (C=O) groups is 2. The maximum atomic E-state index is 11.1. The molecule has 1 heterocycles. The summed E-state index contributed by atoms with van der Waals surface area (Å²) in [6.45, 7) is 0.800. The summed E-state index contributed by atoms with van der Waals surface area (Å²) in [7, 11) is 0. The largest absolute Gasteiger partial charge is 0.481 e. The first kappa shape index (κ1) is 10.8. The summed E-state index contributed by atoms with van der Waals surface area (Å²) in [6, 6.07) is -0.377. The van der Waals surface area contributed by atoms with Crippen LogP contribution in [-0.4, -0.2) is 36.5 Å². The Labute approximate surface area is 81.6 Å². The van der Waals surface area contributed by atoms with E-state index in [1.54, 1.807) is 0 Å². The zero-order chi connectivity index (χ0) is 10.4. The van der Waals surface area contributed by atoms with Crippen LogP contribution in [0, 0.1) is 0 Å². The van der Waals surface area contributed by atoms with Crippen LogP contribution in [0.15, 0.2) is 0 Å². The van der Waals surface area contributed by atoms with Crippen molar-refractivity contribution in [2.75, 3.05) is 13.2 Å². The number of amides is 2. The van der Waals surface area contributed by atoms with Gasteiger partial charge in [-0.15, -0.1) is 0 Å². The van der Waals surface area contributed by atoms with Crippen LogP contribution in [-0.2, 0) is 9.53 Å². The van der Waals surface area contributed by atoms with Crippen molar-refractivity contribution in [2.45, 2.75) is 25.5 Å². The van der Waals surface area contributed by atoms with Crippen LogP contribution in [0.1, 0.15) is 19.3 Å². The second-order valence-electron chi connectivity index (χ2n) is 3.05. The van der Waals surface area contributed by atoms with Crippen molar-refractivity contribution in [1.82, 2.24) is 10.6 Å². The van der Waals surface area contributed by atoms with Gasteiger partial charge in [-0.2, -0.15) is 0 Å². The van der Waals surface area contributed by atoms with E-state index in [9.17, 15) is 9.59 Å². The summed E-state index contributed by atoms with van der Waals surface area (Å²) >= 11 is 0. The second-order valence-corrected chi connectivity index (χ2v) is 3.05. The molecule has 1 aliphatic rings. The van der Waals surface area contributed by atoms with Gasteiger partial charge in [0.15, 0.2) is 0 Å². The number of nitrogens with one attached hydrogen (secondary N) is 2. The molecule has 1 aliphatic heterocycles. The minimum Gasteiger partial charge on any atom is -0.481 e. The lowest BCUT2D eigenvalue weighted by molar-refractivity contribution is -0.136. The monoisotopic (exact) mass is 202 g/mol. The molecule has 0 spiro atoms. The Morgan fingerprint density at radius 2 is 2.29 bits per heavy atom. The number of hydrogen-bond acceptors (Lipinski definition) is 3. The molecule has 2 amide bonds. The van der Waals surface area contributed by atoms with Crippen LogP contribution in [0.25, 0.3) is 0 Å². The summed E-state index contributed by atoms with van der Waals surface area (Å²) in [5.41, 5.74) is 0. The third-order valence-corrected chi connectivity index (χ3v) is 1.85. The van der Waals surface area contributed by atoms with Crippen LogP contribution < -0.4 is 10.6 Å². The first-order valence-electron chi connectivity index (χ1n) is 4.56. The molecule has 0 radical (unpaired) electrons. The van der Waals surface area contributed by atoms with Crippen molar-refractivity contribution in [3.8, 4) is 0 Å². The van der Waals surface area contributed by atoms with E-state index in [-0.39, 0.29) is 25.2 Å². The number of carboxylic acid groups (broad SMARTS) is 1. The van der Waals surface area contributed by atoms with Gasteiger partial charge in [0.1, 0.15) is 6.23 Å². The van der Waals surface area contributed by atoms with Crippen molar-refractivity contribution in [1.29, 1.82) is 0 Å². The molecule has 1 fully saturated rings. The molecule has 14 heavy (non-hydrogen) atoms.